The Balaban J connectivity index is 2.01. The third-order valence-corrected chi connectivity index (χ3v) is 4.17. The molecule has 0 fully saturated rings. The van der Waals surface area contributed by atoms with Gasteiger partial charge in [-0.3, -0.25) is 0 Å². The Morgan fingerprint density at radius 1 is 1.12 bits per heavy atom. The topological polar surface area (TPSA) is 38.0 Å². The Kier molecular flexibility index (Phi) is 4.83. The van der Waals surface area contributed by atoms with Crippen molar-refractivity contribution < 1.29 is 4.74 Å². The highest BCUT2D eigenvalue weighted by atomic mass is 79.9. The molecule has 3 rings (SSSR count). The number of nitrogens with zero attached hydrogens (tertiary/aromatic N) is 2. The summed E-state index contributed by atoms with van der Waals surface area (Å²) in [4.78, 5) is 0. The molecule has 1 aromatic heterocycles. The van der Waals surface area contributed by atoms with Gasteiger partial charge in [-0.1, -0.05) is 28.1 Å². The lowest BCUT2D eigenvalue weighted by molar-refractivity contribution is 0.414. The van der Waals surface area contributed by atoms with E-state index in [9.17, 15) is 5.26 Å². The maximum atomic E-state index is 9.54. The predicted octanol–water partition coefficient (Wildman–Crippen LogP) is 5.31. The molecule has 4 heteroatoms. The fourth-order valence-electron chi connectivity index (χ4n) is 2.47. The predicted molar refractivity (Wildman–Crippen MR) is 99.9 cm³/mol. The van der Waals surface area contributed by atoms with Gasteiger partial charge in [-0.25, -0.2) is 0 Å². The van der Waals surface area contributed by atoms with E-state index in [0.29, 0.717) is 5.57 Å². The molecule has 0 radical (unpaired) electrons. The van der Waals surface area contributed by atoms with Crippen LogP contribution in [0.2, 0.25) is 0 Å². The van der Waals surface area contributed by atoms with Crippen molar-refractivity contribution in [3.05, 3.63) is 82.6 Å². The molecule has 0 aliphatic heterocycles. The Labute approximate surface area is 149 Å². The smallest absolute Gasteiger partial charge is 0.119 e. The maximum Gasteiger partial charge on any atom is 0.119 e. The molecular formula is C20H15BrN2O. The summed E-state index contributed by atoms with van der Waals surface area (Å²) in [5, 5.41) is 9.54. The van der Waals surface area contributed by atoms with Gasteiger partial charge in [0.25, 0.3) is 0 Å². The minimum atomic E-state index is 0.616. The highest BCUT2D eigenvalue weighted by Crippen LogP contribution is 2.23. The van der Waals surface area contributed by atoms with E-state index < -0.39 is 0 Å². The van der Waals surface area contributed by atoms with Crippen LogP contribution in [-0.2, 0) is 0 Å². The zero-order chi connectivity index (χ0) is 16.9. The van der Waals surface area contributed by atoms with Gasteiger partial charge in [-0.2, -0.15) is 5.26 Å². The van der Waals surface area contributed by atoms with Crippen molar-refractivity contribution in [3.63, 3.8) is 0 Å². The SMILES string of the molecule is COc1ccc(-n2cccc2/C=C(/C#N)c2cccc(Br)c2)cc1. The Bertz CT molecular complexity index is 917. The van der Waals surface area contributed by atoms with E-state index in [4.69, 9.17) is 4.74 Å². The van der Waals surface area contributed by atoms with E-state index in [1.807, 2.05) is 77.5 Å². The van der Waals surface area contributed by atoms with Crippen molar-refractivity contribution in [2.45, 2.75) is 0 Å². The van der Waals surface area contributed by atoms with Crippen molar-refractivity contribution in [2.24, 2.45) is 0 Å². The largest absolute Gasteiger partial charge is 0.497 e. The molecule has 0 N–H and O–H groups in total. The number of benzene rings is 2. The van der Waals surface area contributed by atoms with Crippen LogP contribution in [-0.4, -0.2) is 11.7 Å². The molecule has 24 heavy (non-hydrogen) atoms. The van der Waals surface area contributed by atoms with Crippen LogP contribution in [0.15, 0.2) is 71.3 Å². The standard InChI is InChI=1S/C20H15BrN2O/c1-24-20-9-7-18(8-10-20)23-11-3-6-19(23)13-16(14-22)15-4-2-5-17(21)12-15/h2-13H,1H3/b16-13-. The second kappa shape index (κ2) is 7.20. The third kappa shape index (κ3) is 3.42. The van der Waals surface area contributed by atoms with E-state index >= 15 is 0 Å². The first kappa shape index (κ1) is 16.1. The Morgan fingerprint density at radius 3 is 2.58 bits per heavy atom. The monoisotopic (exact) mass is 378 g/mol. The number of hydrogen-bond donors (Lipinski definition) is 0. The second-order valence-electron chi connectivity index (χ2n) is 5.18. The lowest BCUT2D eigenvalue weighted by Gasteiger charge is -2.08. The molecule has 0 aliphatic carbocycles. The van der Waals surface area contributed by atoms with E-state index in [2.05, 4.69) is 22.0 Å². The number of hydrogen-bond acceptors (Lipinski definition) is 2. The van der Waals surface area contributed by atoms with E-state index in [1.165, 1.54) is 0 Å². The van der Waals surface area contributed by atoms with E-state index in [-0.39, 0.29) is 0 Å². The van der Waals surface area contributed by atoms with Crippen LogP contribution >= 0.6 is 15.9 Å². The first-order valence-electron chi connectivity index (χ1n) is 7.41. The van der Waals surface area contributed by atoms with Gasteiger partial charge in [0.1, 0.15) is 5.75 Å². The average molecular weight is 379 g/mol. The number of ether oxygens (including phenoxy) is 1. The number of allylic oxidation sites excluding steroid dienone is 1. The third-order valence-electron chi connectivity index (χ3n) is 3.68. The van der Waals surface area contributed by atoms with Gasteiger partial charge in [0, 0.05) is 22.1 Å². The summed E-state index contributed by atoms with van der Waals surface area (Å²) in [7, 11) is 1.65. The summed E-state index contributed by atoms with van der Waals surface area (Å²) in [5.41, 5.74) is 3.45. The van der Waals surface area contributed by atoms with Crippen molar-refractivity contribution in [3.8, 4) is 17.5 Å². The molecule has 0 saturated heterocycles. The van der Waals surface area contributed by atoms with Gasteiger partial charge >= 0.3 is 0 Å². The number of rotatable bonds is 4. The van der Waals surface area contributed by atoms with Crippen LogP contribution in [0.3, 0.4) is 0 Å². The molecular weight excluding hydrogens is 364 g/mol. The van der Waals surface area contributed by atoms with Crippen LogP contribution in [0.25, 0.3) is 17.3 Å². The highest BCUT2D eigenvalue weighted by molar-refractivity contribution is 9.10. The summed E-state index contributed by atoms with van der Waals surface area (Å²) in [6.45, 7) is 0. The minimum absolute atomic E-state index is 0.616. The summed E-state index contributed by atoms with van der Waals surface area (Å²) >= 11 is 3.45. The van der Waals surface area contributed by atoms with Crippen molar-refractivity contribution >= 4 is 27.6 Å². The summed E-state index contributed by atoms with van der Waals surface area (Å²) in [5.74, 6) is 0.815. The molecule has 2 aromatic carbocycles. The molecule has 0 bridgehead atoms. The van der Waals surface area contributed by atoms with Gasteiger partial charge < -0.3 is 9.30 Å². The van der Waals surface area contributed by atoms with Crippen LogP contribution < -0.4 is 4.74 Å². The summed E-state index contributed by atoms with van der Waals surface area (Å²) < 4.78 is 8.19. The normalized spacial score (nSPS) is 11.1. The van der Waals surface area contributed by atoms with Gasteiger partial charge in [-0.15, -0.1) is 0 Å². The van der Waals surface area contributed by atoms with Crippen LogP contribution in [0, 0.1) is 11.3 Å². The fourth-order valence-corrected chi connectivity index (χ4v) is 2.87. The Morgan fingerprint density at radius 2 is 1.92 bits per heavy atom. The van der Waals surface area contributed by atoms with Gasteiger partial charge in [-0.05, 0) is 60.2 Å². The van der Waals surface area contributed by atoms with Crippen LogP contribution in [0.4, 0.5) is 0 Å². The molecule has 1 heterocycles. The van der Waals surface area contributed by atoms with Crippen LogP contribution in [0.5, 0.6) is 5.75 Å². The van der Waals surface area contributed by atoms with Crippen molar-refractivity contribution in [1.29, 1.82) is 5.26 Å². The quantitative estimate of drug-likeness (QED) is 0.576. The molecule has 3 aromatic rings. The van der Waals surface area contributed by atoms with Crippen LogP contribution in [0.1, 0.15) is 11.3 Å². The van der Waals surface area contributed by atoms with E-state index in [0.717, 1.165) is 27.2 Å². The molecule has 0 spiro atoms. The molecule has 118 valence electrons. The highest BCUT2D eigenvalue weighted by Gasteiger charge is 2.06. The number of methoxy groups -OCH3 is 1. The number of aromatic nitrogens is 1. The van der Waals surface area contributed by atoms with Gasteiger partial charge in [0.15, 0.2) is 0 Å². The van der Waals surface area contributed by atoms with Gasteiger partial charge in [0.2, 0.25) is 0 Å². The number of nitriles is 1. The van der Waals surface area contributed by atoms with Crippen molar-refractivity contribution in [1.82, 2.24) is 4.57 Å². The fraction of sp³-hybridized carbons (Fsp3) is 0.0500. The minimum Gasteiger partial charge on any atom is -0.497 e. The zero-order valence-electron chi connectivity index (χ0n) is 13.1. The Hall–Kier alpha value is -2.77. The molecule has 0 unspecified atom stereocenters. The number of halogens is 1. The first-order chi connectivity index (χ1) is 11.7. The molecule has 0 atom stereocenters. The summed E-state index contributed by atoms with van der Waals surface area (Å²) in [6.07, 6.45) is 3.87. The average Bonchev–Trinajstić information content (AvgIpc) is 3.08. The maximum absolute atomic E-state index is 9.54. The van der Waals surface area contributed by atoms with Crippen molar-refractivity contribution in [2.75, 3.05) is 7.11 Å². The van der Waals surface area contributed by atoms with Gasteiger partial charge in [0.05, 0.1) is 18.8 Å². The molecule has 3 nitrogen and oxygen atoms in total. The summed E-state index contributed by atoms with van der Waals surface area (Å²) in [6, 6.07) is 21.8. The zero-order valence-corrected chi connectivity index (χ0v) is 14.7. The molecule has 0 amide bonds. The lowest BCUT2D eigenvalue weighted by atomic mass is 10.1. The molecule has 0 saturated carbocycles. The lowest BCUT2D eigenvalue weighted by Crippen LogP contribution is -1.95. The second-order valence-corrected chi connectivity index (χ2v) is 6.10. The first-order valence-corrected chi connectivity index (χ1v) is 8.20. The van der Waals surface area contributed by atoms with E-state index in [1.54, 1.807) is 7.11 Å². The molecule has 0 aliphatic rings.